The van der Waals surface area contributed by atoms with Gasteiger partial charge in [0.1, 0.15) is 17.9 Å². The Hall–Kier alpha value is -1.99. The van der Waals surface area contributed by atoms with Gasteiger partial charge >= 0.3 is 12.1 Å². The number of aromatic nitrogens is 1. The minimum atomic E-state index is -4.40. The van der Waals surface area contributed by atoms with E-state index >= 15 is 0 Å². The first-order chi connectivity index (χ1) is 9.78. The summed E-state index contributed by atoms with van der Waals surface area (Å²) in [4.78, 5) is 16.8. The Morgan fingerprint density at radius 1 is 1.43 bits per heavy atom. The number of anilines is 2. The first-order valence-electron chi connectivity index (χ1n) is 6.52. The van der Waals surface area contributed by atoms with Gasteiger partial charge in [-0.15, -0.1) is 0 Å². The molecule has 0 aliphatic rings. The number of carbonyl (C=O) groups is 1. The van der Waals surface area contributed by atoms with Crippen molar-refractivity contribution in [1.82, 2.24) is 4.98 Å². The SMILES string of the molecule is CCCN(CC(F)(F)F)c1ncc(N)cc1C(=O)OCC. The summed E-state index contributed by atoms with van der Waals surface area (Å²) in [6.07, 6.45) is -2.70. The maximum atomic E-state index is 12.7. The topological polar surface area (TPSA) is 68.5 Å². The quantitative estimate of drug-likeness (QED) is 0.818. The molecule has 1 heterocycles. The minimum absolute atomic E-state index is 0.0606. The highest BCUT2D eigenvalue weighted by Crippen LogP contribution is 2.25. The number of nitrogens with two attached hydrogens (primary N) is 1. The van der Waals surface area contributed by atoms with Gasteiger partial charge in [0.15, 0.2) is 0 Å². The lowest BCUT2D eigenvalue weighted by Gasteiger charge is -2.26. The summed E-state index contributed by atoms with van der Waals surface area (Å²) >= 11 is 0. The van der Waals surface area contributed by atoms with Crippen molar-refractivity contribution in [3.05, 3.63) is 17.8 Å². The monoisotopic (exact) mass is 305 g/mol. The number of alkyl halides is 3. The van der Waals surface area contributed by atoms with Crippen molar-refractivity contribution in [2.24, 2.45) is 0 Å². The maximum absolute atomic E-state index is 12.7. The van der Waals surface area contributed by atoms with Gasteiger partial charge in [-0.3, -0.25) is 0 Å². The molecule has 0 spiro atoms. The van der Waals surface area contributed by atoms with Crippen molar-refractivity contribution < 1.29 is 22.7 Å². The molecule has 118 valence electrons. The van der Waals surface area contributed by atoms with E-state index in [-0.39, 0.29) is 30.2 Å². The van der Waals surface area contributed by atoms with Crippen molar-refractivity contribution >= 4 is 17.5 Å². The van der Waals surface area contributed by atoms with Crippen LogP contribution in [0.5, 0.6) is 0 Å². The lowest BCUT2D eigenvalue weighted by Crippen LogP contribution is -2.36. The third kappa shape index (κ3) is 5.13. The van der Waals surface area contributed by atoms with Gasteiger partial charge in [0.25, 0.3) is 0 Å². The van der Waals surface area contributed by atoms with Gasteiger partial charge in [0, 0.05) is 6.54 Å². The summed E-state index contributed by atoms with van der Waals surface area (Å²) in [6, 6.07) is 1.28. The van der Waals surface area contributed by atoms with Crippen LogP contribution in [0.15, 0.2) is 12.3 Å². The molecule has 1 aromatic heterocycles. The maximum Gasteiger partial charge on any atom is 0.405 e. The molecule has 1 rings (SSSR count). The van der Waals surface area contributed by atoms with Gasteiger partial charge in [-0.05, 0) is 19.4 Å². The number of halogens is 3. The molecular weight excluding hydrogens is 287 g/mol. The molecule has 0 radical (unpaired) electrons. The predicted octanol–water partition coefficient (Wildman–Crippen LogP) is 2.62. The van der Waals surface area contributed by atoms with Gasteiger partial charge in [0.05, 0.1) is 18.5 Å². The van der Waals surface area contributed by atoms with Crippen molar-refractivity contribution in [3.8, 4) is 0 Å². The number of nitrogen functional groups attached to an aromatic ring is 1. The third-order valence-corrected chi connectivity index (χ3v) is 2.55. The van der Waals surface area contributed by atoms with E-state index in [1.807, 2.05) is 0 Å². The van der Waals surface area contributed by atoms with Crippen LogP contribution in [-0.2, 0) is 4.74 Å². The second-order valence-corrected chi connectivity index (χ2v) is 4.40. The zero-order valence-corrected chi connectivity index (χ0v) is 11.9. The molecular formula is C13H18F3N3O2. The van der Waals surface area contributed by atoms with Crippen molar-refractivity contribution in [2.75, 3.05) is 30.3 Å². The first kappa shape index (κ1) is 17.1. The summed E-state index contributed by atoms with van der Waals surface area (Å²) in [5.74, 6) is -0.808. The summed E-state index contributed by atoms with van der Waals surface area (Å²) in [7, 11) is 0. The van der Waals surface area contributed by atoms with E-state index in [4.69, 9.17) is 10.5 Å². The third-order valence-electron chi connectivity index (χ3n) is 2.55. The minimum Gasteiger partial charge on any atom is -0.462 e. The van der Waals surface area contributed by atoms with E-state index in [1.165, 1.54) is 12.3 Å². The van der Waals surface area contributed by atoms with E-state index < -0.39 is 18.7 Å². The van der Waals surface area contributed by atoms with Crippen LogP contribution in [0.25, 0.3) is 0 Å². The molecule has 0 aromatic carbocycles. The molecule has 0 aliphatic carbocycles. The molecule has 0 bridgehead atoms. The number of pyridine rings is 1. The van der Waals surface area contributed by atoms with Gasteiger partial charge in [-0.1, -0.05) is 6.92 Å². The molecule has 8 heteroatoms. The van der Waals surface area contributed by atoms with E-state index in [9.17, 15) is 18.0 Å². The van der Waals surface area contributed by atoms with Crippen LogP contribution in [-0.4, -0.2) is 36.8 Å². The second kappa shape index (κ2) is 7.14. The van der Waals surface area contributed by atoms with Gasteiger partial charge in [0.2, 0.25) is 0 Å². The number of esters is 1. The van der Waals surface area contributed by atoms with Gasteiger partial charge in [-0.25, -0.2) is 9.78 Å². The number of hydrogen-bond acceptors (Lipinski definition) is 5. The number of nitrogens with zero attached hydrogens (tertiary/aromatic N) is 2. The Balaban J connectivity index is 3.20. The Bertz CT molecular complexity index is 492. The van der Waals surface area contributed by atoms with Crippen LogP contribution >= 0.6 is 0 Å². The zero-order valence-electron chi connectivity index (χ0n) is 11.9. The van der Waals surface area contributed by atoms with Crippen molar-refractivity contribution in [2.45, 2.75) is 26.4 Å². The summed E-state index contributed by atoms with van der Waals surface area (Å²) < 4.78 is 42.8. The second-order valence-electron chi connectivity index (χ2n) is 4.40. The van der Waals surface area contributed by atoms with Crippen LogP contribution in [0, 0.1) is 0 Å². The van der Waals surface area contributed by atoms with E-state index in [2.05, 4.69) is 4.98 Å². The number of rotatable bonds is 6. The fourth-order valence-corrected chi connectivity index (χ4v) is 1.83. The Morgan fingerprint density at radius 3 is 2.62 bits per heavy atom. The molecule has 21 heavy (non-hydrogen) atoms. The smallest absolute Gasteiger partial charge is 0.405 e. The highest BCUT2D eigenvalue weighted by atomic mass is 19.4. The molecule has 2 N–H and O–H groups in total. The molecule has 0 saturated heterocycles. The lowest BCUT2D eigenvalue weighted by atomic mass is 10.2. The summed E-state index contributed by atoms with van der Waals surface area (Å²) in [6.45, 7) is 2.38. The summed E-state index contributed by atoms with van der Waals surface area (Å²) in [5.41, 5.74) is 5.68. The fraction of sp³-hybridized carbons (Fsp3) is 0.538. The average Bonchev–Trinajstić information content (AvgIpc) is 2.37. The Kier molecular flexibility index (Phi) is 5.80. The highest BCUT2D eigenvalue weighted by molar-refractivity contribution is 5.95. The van der Waals surface area contributed by atoms with Crippen LogP contribution in [0.3, 0.4) is 0 Å². The predicted molar refractivity (Wildman–Crippen MR) is 73.2 cm³/mol. The van der Waals surface area contributed by atoms with E-state index in [0.717, 1.165) is 4.90 Å². The molecule has 0 atom stereocenters. The fourth-order valence-electron chi connectivity index (χ4n) is 1.83. The molecule has 1 aromatic rings. The summed E-state index contributed by atoms with van der Waals surface area (Å²) in [5, 5.41) is 0. The normalized spacial score (nSPS) is 11.3. The molecule has 0 unspecified atom stereocenters. The van der Waals surface area contributed by atoms with Crippen molar-refractivity contribution in [3.63, 3.8) is 0 Å². The van der Waals surface area contributed by atoms with Crippen LogP contribution in [0.2, 0.25) is 0 Å². The highest BCUT2D eigenvalue weighted by Gasteiger charge is 2.32. The largest absolute Gasteiger partial charge is 0.462 e. The van der Waals surface area contributed by atoms with E-state index in [1.54, 1.807) is 13.8 Å². The standard InChI is InChI=1S/C13H18F3N3O2/c1-3-5-19(8-13(14,15)16)11-10(12(20)21-4-2)6-9(17)7-18-11/h6-7H,3-5,8,17H2,1-2H3. The van der Waals surface area contributed by atoms with E-state index in [0.29, 0.717) is 6.42 Å². The zero-order chi connectivity index (χ0) is 16.0. The van der Waals surface area contributed by atoms with Crippen LogP contribution in [0.1, 0.15) is 30.6 Å². The molecule has 0 fully saturated rings. The first-order valence-corrected chi connectivity index (χ1v) is 6.52. The molecule has 0 aliphatic heterocycles. The van der Waals surface area contributed by atoms with Crippen LogP contribution < -0.4 is 10.6 Å². The number of hydrogen-bond donors (Lipinski definition) is 1. The molecule has 5 nitrogen and oxygen atoms in total. The van der Waals surface area contributed by atoms with Gasteiger partial charge < -0.3 is 15.4 Å². The number of carbonyl (C=O) groups excluding carboxylic acids is 1. The van der Waals surface area contributed by atoms with Crippen LogP contribution in [0.4, 0.5) is 24.7 Å². The molecule has 0 saturated carbocycles. The number of ether oxygens (including phenoxy) is 1. The Morgan fingerprint density at radius 2 is 2.10 bits per heavy atom. The lowest BCUT2D eigenvalue weighted by molar-refractivity contribution is -0.119. The van der Waals surface area contributed by atoms with Crippen molar-refractivity contribution in [1.29, 1.82) is 0 Å². The average molecular weight is 305 g/mol. The Labute approximate surface area is 120 Å². The van der Waals surface area contributed by atoms with Gasteiger partial charge in [-0.2, -0.15) is 13.2 Å². The molecule has 0 amide bonds.